The van der Waals surface area contributed by atoms with E-state index in [1.165, 1.54) is 5.56 Å². The second-order valence-corrected chi connectivity index (χ2v) is 3.27. The standard InChI is InChI=1S/C11H14O2/c1-2-9-4-3-5-10(6-9)12-7-11-8-13-11/h3-6,11H,2,7-8H2,1H3. The van der Waals surface area contributed by atoms with Crippen LogP contribution in [0.5, 0.6) is 5.75 Å². The van der Waals surface area contributed by atoms with Crippen LogP contribution in [0.4, 0.5) is 0 Å². The Labute approximate surface area is 78.5 Å². The lowest BCUT2D eigenvalue weighted by Crippen LogP contribution is -2.03. The fourth-order valence-corrected chi connectivity index (χ4v) is 1.21. The average molecular weight is 178 g/mol. The van der Waals surface area contributed by atoms with Crippen LogP contribution >= 0.6 is 0 Å². The SMILES string of the molecule is CCc1cccc(OCC2CO2)c1. The maximum absolute atomic E-state index is 5.55. The zero-order valence-corrected chi connectivity index (χ0v) is 7.82. The van der Waals surface area contributed by atoms with Crippen LogP contribution in [-0.4, -0.2) is 19.3 Å². The molecule has 1 atom stereocenters. The maximum atomic E-state index is 5.55. The van der Waals surface area contributed by atoms with E-state index in [9.17, 15) is 0 Å². The van der Waals surface area contributed by atoms with Crippen LogP contribution in [0.3, 0.4) is 0 Å². The molecule has 1 aromatic rings. The van der Waals surface area contributed by atoms with Gasteiger partial charge in [-0.2, -0.15) is 0 Å². The summed E-state index contributed by atoms with van der Waals surface area (Å²) < 4.78 is 10.6. The van der Waals surface area contributed by atoms with E-state index in [1.54, 1.807) is 0 Å². The molecule has 70 valence electrons. The van der Waals surface area contributed by atoms with E-state index in [-0.39, 0.29) is 0 Å². The molecule has 2 heteroatoms. The number of hydrogen-bond acceptors (Lipinski definition) is 2. The van der Waals surface area contributed by atoms with Crippen molar-refractivity contribution in [3.8, 4) is 5.75 Å². The number of epoxide rings is 1. The zero-order chi connectivity index (χ0) is 9.10. The molecular formula is C11H14O2. The highest BCUT2D eigenvalue weighted by molar-refractivity contribution is 5.28. The molecule has 0 aliphatic carbocycles. The van der Waals surface area contributed by atoms with E-state index in [1.807, 2.05) is 12.1 Å². The Morgan fingerprint density at radius 1 is 1.54 bits per heavy atom. The van der Waals surface area contributed by atoms with Gasteiger partial charge >= 0.3 is 0 Å². The van der Waals surface area contributed by atoms with Gasteiger partial charge in [0, 0.05) is 0 Å². The van der Waals surface area contributed by atoms with Crippen molar-refractivity contribution < 1.29 is 9.47 Å². The van der Waals surface area contributed by atoms with Crippen molar-refractivity contribution in [2.75, 3.05) is 13.2 Å². The minimum Gasteiger partial charge on any atom is -0.491 e. The molecule has 2 nitrogen and oxygen atoms in total. The number of hydrogen-bond donors (Lipinski definition) is 0. The maximum Gasteiger partial charge on any atom is 0.119 e. The van der Waals surface area contributed by atoms with Gasteiger partial charge in [0.15, 0.2) is 0 Å². The summed E-state index contributed by atoms with van der Waals surface area (Å²) in [5.41, 5.74) is 1.31. The molecule has 0 N–H and O–H groups in total. The highest BCUT2D eigenvalue weighted by Crippen LogP contribution is 2.16. The van der Waals surface area contributed by atoms with Gasteiger partial charge in [-0.15, -0.1) is 0 Å². The molecule has 0 bridgehead atoms. The van der Waals surface area contributed by atoms with Crippen molar-refractivity contribution in [3.05, 3.63) is 29.8 Å². The molecule has 0 saturated carbocycles. The minimum absolute atomic E-state index is 0.338. The third-order valence-corrected chi connectivity index (χ3v) is 2.14. The van der Waals surface area contributed by atoms with Gasteiger partial charge in [0.25, 0.3) is 0 Å². The van der Waals surface area contributed by atoms with Crippen molar-refractivity contribution >= 4 is 0 Å². The van der Waals surface area contributed by atoms with Crippen LogP contribution in [0, 0.1) is 0 Å². The van der Waals surface area contributed by atoms with E-state index in [0.717, 1.165) is 18.8 Å². The van der Waals surface area contributed by atoms with Crippen molar-refractivity contribution in [2.45, 2.75) is 19.4 Å². The van der Waals surface area contributed by atoms with Gasteiger partial charge in [0.05, 0.1) is 6.61 Å². The molecule has 1 aliphatic rings. The third-order valence-electron chi connectivity index (χ3n) is 2.14. The van der Waals surface area contributed by atoms with E-state index < -0.39 is 0 Å². The first-order valence-corrected chi connectivity index (χ1v) is 4.72. The van der Waals surface area contributed by atoms with Crippen LogP contribution in [0.1, 0.15) is 12.5 Å². The van der Waals surface area contributed by atoms with Crippen molar-refractivity contribution in [3.63, 3.8) is 0 Å². The molecule has 0 spiro atoms. The number of aryl methyl sites for hydroxylation is 1. The molecule has 1 heterocycles. The Morgan fingerprint density at radius 3 is 3.08 bits per heavy atom. The summed E-state index contributed by atoms with van der Waals surface area (Å²) >= 11 is 0. The highest BCUT2D eigenvalue weighted by atomic mass is 16.6. The Hall–Kier alpha value is -1.02. The van der Waals surface area contributed by atoms with Crippen molar-refractivity contribution in [1.29, 1.82) is 0 Å². The van der Waals surface area contributed by atoms with Crippen LogP contribution in [0.25, 0.3) is 0 Å². The largest absolute Gasteiger partial charge is 0.491 e. The summed E-state index contributed by atoms with van der Waals surface area (Å²) in [4.78, 5) is 0. The molecule has 0 radical (unpaired) electrons. The lowest BCUT2D eigenvalue weighted by molar-refractivity contribution is 0.263. The molecule has 13 heavy (non-hydrogen) atoms. The first-order valence-electron chi connectivity index (χ1n) is 4.72. The predicted molar refractivity (Wildman–Crippen MR) is 51.1 cm³/mol. The van der Waals surface area contributed by atoms with Gasteiger partial charge in [0.2, 0.25) is 0 Å². The van der Waals surface area contributed by atoms with E-state index in [4.69, 9.17) is 9.47 Å². The number of rotatable bonds is 4. The Kier molecular flexibility index (Phi) is 2.50. The first kappa shape index (κ1) is 8.57. The second kappa shape index (κ2) is 3.79. The molecule has 0 aromatic heterocycles. The van der Waals surface area contributed by atoms with Gasteiger partial charge < -0.3 is 9.47 Å². The zero-order valence-electron chi connectivity index (χ0n) is 7.82. The topological polar surface area (TPSA) is 21.8 Å². The first-order chi connectivity index (χ1) is 6.38. The van der Waals surface area contributed by atoms with Crippen molar-refractivity contribution in [1.82, 2.24) is 0 Å². The lowest BCUT2D eigenvalue weighted by Gasteiger charge is -2.04. The summed E-state index contributed by atoms with van der Waals surface area (Å²) in [5, 5.41) is 0. The Bertz CT molecular complexity index is 279. The Balaban J connectivity index is 1.93. The number of benzene rings is 1. The smallest absolute Gasteiger partial charge is 0.119 e. The monoisotopic (exact) mass is 178 g/mol. The summed E-state index contributed by atoms with van der Waals surface area (Å²) in [6, 6.07) is 8.21. The van der Waals surface area contributed by atoms with Crippen LogP contribution in [-0.2, 0) is 11.2 Å². The van der Waals surface area contributed by atoms with Crippen LogP contribution in [0.15, 0.2) is 24.3 Å². The molecule has 1 saturated heterocycles. The quantitative estimate of drug-likeness (QED) is 0.658. The van der Waals surface area contributed by atoms with E-state index in [2.05, 4.69) is 19.1 Å². The summed E-state index contributed by atoms with van der Waals surface area (Å²) in [5.74, 6) is 0.954. The van der Waals surface area contributed by atoms with E-state index in [0.29, 0.717) is 12.7 Å². The van der Waals surface area contributed by atoms with Crippen molar-refractivity contribution in [2.24, 2.45) is 0 Å². The third kappa shape index (κ3) is 2.46. The molecule has 1 unspecified atom stereocenters. The fraction of sp³-hybridized carbons (Fsp3) is 0.455. The van der Waals surface area contributed by atoms with Gasteiger partial charge in [-0.05, 0) is 24.1 Å². The molecule has 1 aliphatic heterocycles. The normalized spacial score (nSPS) is 19.9. The minimum atomic E-state index is 0.338. The lowest BCUT2D eigenvalue weighted by atomic mass is 10.2. The fourth-order valence-electron chi connectivity index (χ4n) is 1.21. The summed E-state index contributed by atoms with van der Waals surface area (Å²) in [7, 11) is 0. The van der Waals surface area contributed by atoms with Gasteiger partial charge in [-0.3, -0.25) is 0 Å². The predicted octanol–water partition coefficient (Wildman–Crippen LogP) is 2.03. The molecular weight excluding hydrogens is 164 g/mol. The van der Waals surface area contributed by atoms with E-state index >= 15 is 0 Å². The molecule has 1 aromatic carbocycles. The molecule has 0 amide bonds. The van der Waals surface area contributed by atoms with Gasteiger partial charge in [-0.25, -0.2) is 0 Å². The summed E-state index contributed by atoms with van der Waals surface area (Å²) in [6.07, 6.45) is 1.39. The van der Waals surface area contributed by atoms with Gasteiger partial charge in [-0.1, -0.05) is 19.1 Å². The average Bonchev–Trinajstić information content (AvgIpc) is 2.99. The second-order valence-electron chi connectivity index (χ2n) is 3.27. The molecule has 1 fully saturated rings. The molecule has 2 rings (SSSR count). The number of ether oxygens (including phenoxy) is 2. The highest BCUT2D eigenvalue weighted by Gasteiger charge is 2.22. The Morgan fingerprint density at radius 2 is 2.38 bits per heavy atom. The van der Waals surface area contributed by atoms with Crippen LogP contribution < -0.4 is 4.74 Å². The van der Waals surface area contributed by atoms with Gasteiger partial charge in [0.1, 0.15) is 18.5 Å². The summed E-state index contributed by atoms with van der Waals surface area (Å²) in [6.45, 7) is 3.68. The van der Waals surface area contributed by atoms with Crippen LogP contribution in [0.2, 0.25) is 0 Å².